The standard InChI is InChI=1S/C16H25N3/c1-12(11-17)9-10-15-18-13-7-5-6-8-14(13)19(15)16(2,3)4/h5-8,12H,9-11,17H2,1-4H3. The summed E-state index contributed by atoms with van der Waals surface area (Å²) in [5.41, 5.74) is 8.08. The molecule has 104 valence electrons. The van der Waals surface area contributed by atoms with Crippen molar-refractivity contribution >= 4 is 11.0 Å². The third-order valence-corrected chi connectivity index (χ3v) is 3.56. The molecule has 0 aliphatic rings. The van der Waals surface area contributed by atoms with Crippen molar-refractivity contribution in [3.8, 4) is 0 Å². The largest absolute Gasteiger partial charge is 0.330 e. The molecule has 0 aliphatic carbocycles. The van der Waals surface area contributed by atoms with Crippen LogP contribution in [0.2, 0.25) is 0 Å². The summed E-state index contributed by atoms with van der Waals surface area (Å²) in [4.78, 5) is 4.81. The highest BCUT2D eigenvalue weighted by Crippen LogP contribution is 2.26. The molecule has 0 radical (unpaired) electrons. The fourth-order valence-corrected chi connectivity index (χ4v) is 2.49. The van der Waals surface area contributed by atoms with Gasteiger partial charge in [0.25, 0.3) is 0 Å². The highest BCUT2D eigenvalue weighted by Gasteiger charge is 2.21. The van der Waals surface area contributed by atoms with Gasteiger partial charge in [0.15, 0.2) is 0 Å². The molecule has 2 rings (SSSR count). The van der Waals surface area contributed by atoms with Gasteiger partial charge in [-0.25, -0.2) is 4.98 Å². The van der Waals surface area contributed by atoms with E-state index in [2.05, 4.69) is 56.5 Å². The number of aromatic nitrogens is 2. The van der Waals surface area contributed by atoms with Gasteiger partial charge in [0.2, 0.25) is 0 Å². The Bertz CT molecular complexity index is 549. The molecule has 1 atom stereocenters. The first kappa shape index (κ1) is 14.1. The molecule has 0 spiro atoms. The highest BCUT2D eigenvalue weighted by atomic mass is 15.1. The lowest BCUT2D eigenvalue weighted by atomic mass is 10.0. The van der Waals surface area contributed by atoms with Gasteiger partial charge in [0, 0.05) is 12.0 Å². The minimum absolute atomic E-state index is 0.0530. The molecule has 2 aromatic rings. The summed E-state index contributed by atoms with van der Waals surface area (Å²) >= 11 is 0. The second-order valence-corrected chi connectivity index (χ2v) is 6.40. The fraction of sp³-hybridized carbons (Fsp3) is 0.562. The molecule has 19 heavy (non-hydrogen) atoms. The molecular weight excluding hydrogens is 234 g/mol. The van der Waals surface area contributed by atoms with E-state index >= 15 is 0 Å². The van der Waals surface area contributed by atoms with Gasteiger partial charge in [-0.15, -0.1) is 0 Å². The highest BCUT2D eigenvalue weighted by molar-refractivity contribution is 5.76. The van der Waals surface area contributed by atoms with Gasteiger partial charge in [-0.2, -0.15) is 0 Å². The Labute approximate surface area is 115 Å². The molecule has 1 aromatic carbocycles. The third-order valence-electron chi connectivity index (χ3n) is 3.56. The van der Waals surface area contributed by atoms with E-state index in [1.165, 1.54) is 11.3 Å². The normalized spacial score (nSPS) is 13.9. The van der Waals surface area contributed by atoms with Crippen LogP contribution < -0.4 is 5.73 Å². The number of rotatable bonds is 4. The van der Waals surface area contributed by atoms with E-state index in [-0.39, 0.29) is 5.54 Å². The summed E-state index contributed by atoms with van der Waals surface area (Å²) in [5.74, 6) is 1.72. The van der Waals surface area contributed by atoms with E-state index in [4.69, 9.17) is 10.7 Å². The third kappa shape index (κ3) is 2.98. The SMILES string of the molecule is CC(CN)CCc1nc2ccccc2n1C(C)(C)C. The number of nitrogens with zero attached hydrogens (tertiary/aromatic N) is 2. The van der Waals surface area contributed by atoms with Crippen LogP contribution in [0.5, 0.6) is 0 Å². The number of hydrogen-bond acceptors (Lipinski definition) is 2. The summed E-state index contributed by atoms with van der Waals surface area (Å²) in [6.45, 7) is 9.64. The first-order chi connectivity index (χ1) is 8.93. The number of nitrogens with two attached hydrogens (primary N) is 1. The fourth-order valence-electron chi connectivity index (χ4n) is 2.49. The van der Waals surface area contributed by atoms with E-state index in [9.17, 15) is 0 Å². The molecule has 0 fully saturated rings. The zero-order valence-corrected chi connectivity index (χ0v) is 12.5. The van der Waals surface area contributed by atoms with Gasteiger partial charge in [-0.3, -0.25) is 0 Å². The maximum atomic E-state index is 5.71. The average molecular weight is 259 g/mol. The van der Waals surface area contributed by atoms with E-state index in [0.29, 0.717) is 5.92 Å². The Morgan fingerprint density at radius 1 is 1.26 bits per heavy atom. The van der Waals surface area contributed by atoms with Crippen molar-refractivity contribution < 1.29 is 0 Å². The lowest BCUT2D eigenvalue weighted by Gasteiger charge is -2.25. The quantitative estimate of drug-likeness (QED) is 0.915. The zero-order chi connectivity index (χ0) is 14.0. The maximum Gasteiger partial charge on any atom is 0.110 e. The van der Waals surface area contributed by atoms with Crippen molar-refractivity contribution in [2.75, 3.05) is 6.54 Å². The van der Waals surface area contributed by atoms with Crippen LogP contribution in [-0.4, -0.2) is 16.1 Å². The second-order valence-electron chi connectivity index (χ2n) is 6.40. The molecule has 1 unspecified atom stereocenters. The molecular formula is C16H25N3. The van der Waals surface area contributed by atoms with E-state index < -0.39 is 0 Å². The number of para-hydroxylation sites is 2. The van der Waals surface area contributed by atoms with Crippen molar-refractivity contribution in [2.24, 2.45) is 11.7 Å². The van der Waals surface area contributed by atoms with E-state index in [1.807, 2.05) is 0 Å². The summed E-state index contributed by atoms with van der Waals surface area (Å²) in [5, 5.41) is 0. The number of benzene rings is 1. The number of fused-ring (bicyclic) bond motifs is 1. The summed E-state index contributed by atoms with van der Waals surface area (Å²) in [6.07, 6.45) is 2.08. The van der Waals surface area contributed by atoms with Crippen LogP contribution in [0.15, 0.2) is 24.3 Å². The van der Waals surface area contributed by atoms with Crippen molar-refractivity contribution in [1.29, 1.82) is 0 Å². The molecule has 0 amide bonds. The van der Waals surface area contributed by atoms with E-state index in [1.54, 1.807) is 0 Å². The summed E-state index contributed by atoms with van der Waals surface area (Å²) < 4.78 is 2.37. The van der Waals surface area contributed by atoms with Crippen LogP contribution in [0.4, 0.5) is 0 Å². The molecule has 0 saturated carbocycles. The molecule has 2 N–H and O–H groups in total. The van der Waals surface area contributed by atoms with Crippen LogP contribution in [0.25, 0.3) is 11.0 Å². The minimum Gasteiger partial charge on any atom is -0.330 e. The smallest absolute Gasteiger partial charge is 0.110 e. The molecule has 1 aromatic heterocycles. The van der Waals surface area contributed by atoms with Gasteiger partial charge in [-0.1, -0.05) is 19.1 Å². The lowest BCUT2D eigenvalue weighted by Crippen LogP contribution is -2.24. The number of imidazole rings is 1. The number of aryl methyl sites for hydroxylation is 1. The van der Waals surface area contributed by atoms with Gasteiger partial charge >= 0.3 is 0 Å². The first-order valence-electron chi connectivity index (χ1n) is 7.10. The van der Waals surface area contributed by atoms with Crippen LogP contribution >= 0.6 is 0 Å². The topological polar surface area (TPSA) is 43.8 Å². The van der Waals surface area contributed by atoms with Crippen molar-refractivity contribution in [3.63, 3.8) is 0 Å². The van der Waals surface area contributed by atoms with Crippen molar-refractivity contribution in [1.82, 2.24) is 9.55 Å². The van der Waals surface area contributed by atoms with Crippen LogP contribution in [0, 0.1) is 5.92 Å². The Morgan fingerprint density at radius 2 is 1.95 bits per heavy atom. The van der Waals surface area contributed by atoms with Crippen molar-refractivity contribution in [2.45, 2.75) is 46.1 Å². The Hall–Kier alpha value is -1.35. The molecule has 0 aliphatic heterocycles. The summed E-state index contributed by atoms with van der Waals surface area (Å²) in [6, 6.07) is 8.38. The van der Waals surface area contributed by atoms with Gasteiger partial charge < -0.3 is 10.3 Å². The number of hydrogen-bond donors (Lipinski definition) is 1. The predicted molar refractivity (Wildman–Crippen MR) is 81.3 cm³/mol. The van der Waals surface area contributed by atoms with Crippen molar-refractivity contribution in [3.05, 3.63) is 30.1 Å². The molecule has 3 heteroatoms. The molecule has 0 saturated heterocycles. The van der Waals surface area contributed by atoms with E-state index in [0.717, 1.165) is 24.9 Å². The Morgan fingerprint density at radius 3 is 2.58 bits per heavy atom. The van der Waals surface area contributed by atoms with Gasteiger partial charge in [-0.05, 0) is 51.8 Å². The zero-order valence-electron chi connectivity index (χ0n) is 12.5. The van der Waals surface area contributed by atoms with Gasteiger partial charge in [0.05, 0.1) is 11.0 Å². The Balaban J connectivity index is 2.42. The summed E-state index contributed by atoms with van der Waals surface area (Å²) in [7, 11) is 0. The minimum atomic E-state index is 0.0530. The van der Waals surface area contributed by atoms with Crippen LogP contribution in [-0.2, 0) is 12.0 Å². The Kier molecular flexibility index (Phi) is 3.95. The predicted octanol–water partition coefficient (Wildman–Crippen LogP) is 3.32. The lowest BCUT2D eigenvalue weighted by molar-refractivity contribution is 0.387. The van der Waals surface area contributed by atoms with Gasteiger partial charge in [0.1, 0.15) is 5.82 Å². The monoisotopic (exact) mass is 259 g/mol. The van der Waals surface area contributed by atoms with Crippen LogP contribution in [0.1, 0.15) is 39.9 Å². The maximum absolute atomic E-state index is 5.71. The first-order valence-corrected chi connectivity index (χ1v) is 7.10. The van der Waals surface area contributed by atoms with Crippen LogP contribution in [0.3, 0.4) is 0 Å². The molecule has 3 nitrogen and oxygen atoms in total. The second kappa shape index (κ2) is 5.33. The molecule has 1 heterocycles. The average Bonchev–Trinajstić information content (AvgIpc) is 2.73. The molecule has 0 bridgehead atoms.